The molecule has 2 saturated heterocycles. The van der Waals surface area contributed by atoms with Crippen LogP contribution in [0.3, 0.4) is 0 Å². The van der Waals surface area contributed by atoms with Crippen LogP contribution in [0, 0.1) is 11.3 Å². The predicted molar refractivity (Wildman–Crippen MR) is 112 cm³/mol. The molecule has 1 N–H and O–H groups in total. The molecule has 0 bridgehead atoms. The number of likely N-dealkylation sites (tertiary alicyclic amines) is 2. The lowest BCUT2D eigenvalue weighted by molar-refractivity contribution is -0.134. The molecule has 1 aromatic rings. The van der Waals surface area contributed by atoms with Crippen LogP contribution in [0.1, 0.15) is 43.7 Å². The van der Waals surface area contributed by atoms with Gasteiger partial charge in [-0.1, -0.05) is 37.3 Å². The molecule has 31 heavy (non-hydrogen) atoms. The number of carbonyl (C=O) groups excluding carboxylic acids is 1. The molecule has 4 atom stereocenters. The molecule has 1 aliphatic carbocycles. The molecule has 0 aromatic heterocycles. The quantitative estimate of drug-likeness (QED) is 0.725. The Balaban J connectivity index is 1.35. The number of allylic oxidation sites excluding steroid dienone is 3. The van der Waals surface area contributed by atoms with Crippen molar-refractivity contribution in [3.05, 3.63) is 59.4 Å². The summed E-state index contributed by atoms with van der Waals surface area (Å²) in [5, 5.41) is 9.59. The van der Waals surface area contributed by atoms with Crippen LogP contribution in [-0.4, -0.2) is 52.7 Å². The van der Waals surface area contributed by atoms with Gasteiger partial charge < -0.3 is 10.0 Å². The third-order valence-corrected chi connectivity index (χ3v) is 7.12. The number of benzene rings is 1. The van der Waals surface area contributed by atoms with Crippen molar-refractivity contribution in [3.8, 4) is 0 Å². The summed E-state index contributed by atoms with van der Waals surface area (Å²) >= 11 is 0. The molecule has 2 aliphatic heterocycles. The van der Waals surface area contributed by atoms with Gasteiger partial charge >= 0.3 is 0 Å². The van der Waals surface area contributed by atoms with E-state index in [0.717, 1.165) is 5.56 Å². The zero-order valence-electron chi connectivity index (χ0n) is 17.7. The van der Waals surface area contributed by atoms with Gasteiger partial charge in [-0.25, -0.2) is 13.2 Å². The summed E-state index contributed by atoms with van der Waals surface area (Å²) < 4.78 is 40.7. The molecule has 1 unspecified atom stereocenters. The van der Waals surface area contributed by atoms with Crippen LogP contribution in [0.2, 0.25) is 0 Å². The lowest BCUT2D eigenvalue weighted by Crippen LogP contribution is -2.52. The third kappa shape index (κ3) is 4.52. The van der Waals surface area contributed by atoms with Gasteiger partial charge in [-0.05, 0) is 48.9 Å². The average molecular weight is 435 g/mol. The van der Waals surface area contributed by atoms with E-state index in [2.05, 4.69) is 0 Å². The number of hydrogen-bond donors (Lipinski definition) is 1. The highest BCUT2D eigenvalue weighted by Crippen LogP contribution is 2.43. The van der Waals surface area contributed by atoms with Gasteiger partial charge in [0.1, 0.15) is 11.9 Å². The van der Waals surface area contributed by atoms with Crippen molar-refractivity contribution < 1.29 is 23.1 Å². The Morgan fingerprint density at radius 2 is 1.94 bits per heavy atom. The largest absolute Gasteiger partial charge is 0.508 e. The normalized spacial score (nSPS) is 32.0. The van der Waals surface area contributed by atoms with Crippen molar-refractivity contribution in [2.45, 2.75) is 51.4 Å². The molecule has 0 saturated carbocycles. The van der Waals surface area contributed by atoms with Crippen LogP contribution in [-0.2, 0) is 11.3 Å². The van der Waals surface area contributed by atoms with E-state index in [0.29, 0.717) is 38.9 Å². The van der Waals surface area contributed by atoms with Gasteiger partial charge in [0.25, 0.3) is 6.43 Å². The van der Waals surface area contributed by atoms with E-state index >= 15 is 4.39 Å². The van der Waals surface area contributed by atoms with E-state index in [1.807, 2.05) is 17.9 Å². The smallest absolute Gasteiger partial charge is 0.263 e. The lowest BCUT2D eigenvalue weighted by Gasteiger charge is -2.44. The monoisotopic (exact) mass is 434 g/mol. The minimum absolute atomic E-state index is 0.0137. The first-order valence-corrected chi connectivity index (χ1v) is 10.9. The van der Waals surface area contributed by atoms with Crippen LogP contribution >= 0.6 is 0 Å². The highest BCUT2D eigenvalue weighted by molar-refractivity contribution is 5.84. The van der Waals surface area contributed by atoms with Gasteiger partial charge in [0, 0.05) is 31.1 Å². The van der Waals surface area contributed by atoms with Crippen LogP contribution in [0.15, 0.2) is 48.3 Å². The summed E-state index contributed by atoms with van der Waals surface area (Å²) in [5.41, 5.74) is 0.459. The Morgan fingerprint density at radius 3 is 2.55 bits per heavy atom. The molecule has 1 aromatic carbocycles. The van der Waals surface area contributed by atoms with Crippen LogP contribution in [0.4, 0.5) is 13.2 Å². The fourth-order valence-electron chi connectivity index (χ4n) is 5.17. The molecule has 2 fully saturated rings. The maximum absolute atomic E-state index is 15.2. The van der Waals surface area contributed by atoms with Gasteiger partial charge in [0.15, 0.2) is 0 Å². The number of nitrogens with zero attached hydrogens (tertiary/aromatic N) is 2. The third-order valence-electron chi connectivity index (χ3n) is 7.12. The number of aliphatic hydroxyl groups excluding tert-OH is 1. The van der Waals surface area contributed by atoms with Crippen molar-refractivity contribution in [2.75, 3.05) is 19.6 Å². The van der Waals surface area contributed by atoms with E-state index in [-0.39, 0.29) is 41.1 Å². The lowest BCUT2D eigenvalue weighted by atomic mass is 9.68. The standard InChI is InChI=1S/C24H29F3N2O2/c1-24(10-6-18(30)7-11-24)19-8-12-28(15-20(19)25)21-9-13-29(23(21)31)14-16-2-4-17(5-3-16)22(26)27/h2-7,10,19-22,30H,8-9,11-15H2,1H3/t19-,20-,21-,24?/m1/s1. The first-order valence-electron chi connectivity index (χ1n) is 10.9. The number of aliphatic hydroxyl groups is 1. The molecular formula is C24H29F3N2O2. The molecule has 0 spiro atoms. The predicted octanol–water partition coefficient (Wildman–Crippen LogP) is 4.79. The van der Waals surface area contributed by atoms with Crippen molar-refractivity contribution in [1.29, 1.82) is 0 Å². The molecule has 7 heteroatoms. The van der Waals surface area contributed by atoms with Crippen molar-refractivity contribution in [2.24, 2.45) is 11.3 Å². The maximum Gasteiger partial charge on any atom is 0.263 e. The number of rotatable bonds is 5. The summed E-state index contributed by atoms with van der Waals surface area (Å²) in [6, 6.07) is 5.74. The highest BCUT2D eigenvalue weighted by atomic mass is 19.3. The van der Waals surface area contributed by atoms with Crippen molar-refractivity contribution >= 4 is 5.91 Å². The average Bonchev–Trinajstić information content (AvgIpc) is 3.11. The number of piperidine rings is 1. The Kier molecular flexibility index (Phi) is 6.15. The molecule has 0 radical (unpaired) electrons. The van der Waals surface area contributed by atoms with E-state index in [4.69, 9.17) is 0 Å². The van der Waals surface area contributed by atoms with Crippen LogP contribution in [0.25, 0.3) is 0 Å². The number of carbonyl (C=O) groups is 1. The zero-order valence-corrected chi connectivity index (χ0v) is 17.7. The molecule has 3 aliphatic rings. The fraction of sp³-hybridized carbons (Fsp3) is 0.542. The SMILES string of the molecule is CC1([C@@H]2CCN([C@@H]3CCN(Cc4ccc(C(F)F)cc4)C3=O)C[C@H]2F)C=CC(O)=CC1. The van der Waals surface area contributed by atoms with Gasteiger partial charge in [-0.2, -0.15) is 0 Å². The molecular weight excluding hydrogens is 405 g/mol. The van der Waals surface area contributed by atoms with E-state index in [1.165, 1.54) is 12.1 Å². The van der Waals surface area contributed by atoms with Crippen molar-refractivity contribution in [3.63, 3.8) is 0 Å². The first kappa shape index (κ1) is 21.9. The Labute approximate surface area is 181 Å². The van der Waals surface area contributed by atoms with Gasteiger partial charge in [-0.3, -0.25) is 9.69 Å². The van der Waals surface area contributed by atoms with Gasteiger partial charge in [0.2, 0.25) is 5.91 Å². The molecule has 168 valence electrons. The van der Waals surface area contributed by atoms with Crippen molar-refractivity contribution in [1.82, 2.24) is 9.80 Å². The summed E-state index contributed by atoms with van der Waals surface area (Å²) in [4.78, 5) is 16.7. The summed E-state index contributed by atoms with van der Waals surface area (Å²) in [5.74, 6) is 0.0660. The second kappa shape index (κ2) is 8.69. The van der Waals surface area contributed by atoms with Gasteiger partial charge in [0.05, 0.1) is 6.04 Å². The molecule has 4 rings (SSSR count). The maximum atomic E-state index is 15.2. The van der Waals surface area contributed by atoms with Gasteiger partial charge in [-0.15, -0.1) is 0 Å². The second-order valence-electron chi connectivity index (χ2n) is 9.18. The Bertz CT molecular complexity index is 870. The molecule has 2 heterocycles. The Morgan fingerprint density at radius 1 is 1.19 bits per heavy atom. The fourth-order valence-corrected chi connectivity index (χ4v) is 5.17. The summed E-state index contributed by atoms with van der Waals surface area (Å²) in [6.45, 7) is 3.89. The van der Waals surface area contributed by atoms with Crippen LogP contribution < -0.4 is 0 Å². The Hall–Kier alpha value is -2.28. The second-order valence-corrected chi connectivity index (χ2v) is 9.18. The van der Waals surface area contributed by atoms with E-state index < -0.39 is 12.6 Å². The summed E-state index contributed by atoms with van der Waals surface area (Å²) in [6.07, 6.45) is 3.68. The molecule has 1 amide bonds. The minimum Gasteiger partial charge on any atom is -0.508 e. The number of hydrogen-bond acceptors (Lipinski definition) is 3. The number of halogens is 3. The number of amides is 1. The summed E-state index contributed by atoms with van der Waals surface area (Å²) in [7, 11) is 0. The van der Waals surface area contributed by atoms with E-state index in [1.54, 1.807) is 29.2 Å². The minimum atomic E-state index is -2.50. The van der Waals surface area contributed by atoms with Crippen LogP contribution in [0.5, 0.6) is 0 Å². The first-order chi connectivity index (χ1) is 14.8. The highest BCUT2D eigenvalue weighted by Gasteiger charge is 2.45. The topological polar surface area (TPSA) is 43.8 Å². The number of alkyl halides is 3. The molecule has 4 nitrogen and oxygen atoms in total. The van der Waals surface area contributed by atoms with E-state index in [9.17, 15) is 18.7 Å². The zero-order chi connectivity index (χ0) is 22.2.